The third kappa shape index (κ3) is 5.62. The summed E-state index contributed by atoms with van der Waals surface area (Å²) in [5, 5.41) is 4.62. The van der Waals surface area contributed by atoms with Crippen LogP contribution in [0.25, 0.3) is 77.2 Å². The van der Waals surface area contributed by atoms with E-state index < -0.39 is 0 Å². The maximum absolute atomic E-state index is 6.44. The van der Waals surface area contributed by atoms with Gasteiger partial charge in [0.15, 0.2) is 0 Å². The van der Waals surface area contributed by atoms with E-state index in [2.05, 4.69) is 213 Å². The van der Waals surface area contributed by atoms with Crippen molar-refractivity contribution in [1.29, 1.82) is 0 Å². The number of fused-ring (bicyclic) bond motifs is 8. The number of hydrogen-bond acceptors (Lipinski definition) is 2. The summed E-state index contributed by atoms with van der Waals surface area (Å²) >= 11 is 0. The molecule has 11 rings (SSSR count). The second kappa shape index (κ2) is 14.0. The Morgan fingerprint density at radius 1 is 0.373 bits per heavy atom. The average Bonchev–Trinajstić information content (AvgIpc) is 3.83. The van der Waals surface area contributed by atoms with Gasteiger partial charge in [0.05, 0.1) is 0 Å². The molecule has 0 fully saturated rings. The molecular formula is C57H43NO. The third-order valence-electron chi connectivity index (χ3n) is 13.0. The van der Waals surface area contributed by atoms with Crippen molar-refractivity contribution in [2.24, 2.45) is 0 Å². The van der Waals surface area contributed by atoms with Gasteiger partial charge in [-0.3, -0.25) is 0 Å². The first-order valence-electron chi connectivity index (χ1n) is 20.9. The van der Waals surface area contributed by atoms with Crippen LogP contribution in [0.15, 0.2) is 205 Å². The SMILES string of the molecule is CCC1(CC)c2ccccc2-c2ccc(N(c3ccc(-c4ccc(-c5ccccc5)cc4)cc3)c3ccc(-c4cccc5c4ccc4c6ccccc6oc54)cc3)cc21. The van der Waals surface area contributed by atoms with Crippen molar-refractivity contribution in [2.75, 3.05) is 4.90 Å². The fourth-order valence-corrected chi connectivity index (χ4v) is 9.91. The van der Waals surface area contributed by atoms with Gasteiger partial charge in [0.1, 0.15) is 11.2 Å². The summed E-state index contributed by atoms with van der Waals surface area (Å²) in [4.78, 5) is 2.42. The fourth-order valence-electron chi connectivity index (χ4n) is 9.91. The van der Waals surface area contributed by atoms with Crippen LogP contribution in [0, 0.1) is 0 Å². The van der Waals surface area contributed by atoms with Crippen molar-refractivity contribution >= 4 is 49.8 Å². The Morgan fingerprint density at radius 3 is 1.59 bits per heavy atom. The van der Waals surface area contributed by atoms with Crippen molar-refractivity contribution in [3.8, 4) is 44.5 Å². The minimum absolute atomic E-state index is 0.0210. The van der Waals surface area contributed by atoms with Crippen LogP contribution in [0.2, 0.25) is 0 Å². The van der Waals surface area contributed by atoms with E-state index in [9.17, 15) is 0 Å². The molecule has 1 aromatic heterocycles. The summed E-state index contributed by atoms with van der Waals surface area (Å²) in [5.74, 6) is 0. The lowest BCUT2D eigenvalue weighted by molar-refractivity contribution is 0.490. The van der Waals surface area contributed by atoms with Crippen LogP contribution in [0.4, 0.5) is 17.1 Å². The number of para-hydroxylation sites is 1. The van der Waals surface area contributed by atoms with Gasteiger partial charge in [-0.05, 0) is 122 Å². The first-order valence-corrected chi connectivity index (χ1v) is 20.9. The van der Waals surface area contributed by atoms with Crippen LogP contribution in [0.5, 0.6) is 0 Å². The van der Waals surface area contributed by atoms with E-state index in [1.54, 1.807) is 0 Å². The molecule has 10 aromatic rings. The predicted molar refractivity (Wildman–Crippen MR) is 249 cm³/mol. The van der Waals surface area contributed by atoms with E-state index >= 15 is 0 Å². The zero-order valence-electron chi connectivity index (χ0n) is 33.3. The Morgan fingerprint density at radius 2 is 0.881 bits per heavy atom. The Labute approximate surface area is 345 Å². The zero-order valence-corrected chi connectivity index (χ0v) is 33.3. The summed E-state index contributed by atoms with van der Waals surface area (Å²) in [6.07, 6.45) is 2.10. The average molecular weight is 758 g/mol. The van der Waals surface area contributed by atoms with Crippen molar-refractivity contribution in [1.82, 2.24) is 0 Å². The number of furan rings is 1. The standard InChI is InChI=1S/C57H43NO/c1-3-57(4-2)53-19-10-8-15-48(53)49-34-33-45(37-54(49)57)58(43-29-25-41(26-30-43)40-23-21-39(22-24-40)38-13-6-5-7-14-38)44-31-27-42(28-32-44)46-17-12-18-51-47(46)35-36-52-50-16-9-11-20-55(50)59-56(51)52/h5-37H,3-4H2,1-2H3. The highest BCUT2D eigenvalue weighted by Gasteiger charge is 2.40. The molecule has 0 N–H and O–H groups in total. The third-order valence-corrected chi connectivity index (χ3v) is 13.0. The summed E-state index contributed by atoms with van der Waals surface area (Å²) in [6, 6.07) is 73.1. The maximum atomic E-state index is 6.44. The predicted octanol–water partition coefficient (Wildman–Crippen LogP) is 16.3. The molecule has 0 aliphatic heterocycles. The molecule has 0 atom stereocenters. The van der Waals surface area contributed by atoms with Crippen molar-refractivity contribution < 1.29 is 4.42 Å². The first kappa shape index (κ1) is 35.0. The van der Waals surface area contributed by atoms with Gasteiger partial charge in [-0.15, -0.1) is 0 Å². The van der Waals surface area contributed by atoms with Crippen LogP contribution in [-0.4, -0.2) is 0 Å². The molecule has 1 aliphatic rings. The van der Waals surface area contributed by atoms with Crippen LogP contribution in [0.1, 0.15) is 37.8 Å². The normalized spacial score (nSPS) is 12.8. The highest BCUT2D eigenvalue weighted by Crippen LogP contribution is 2.54. The van der Waals surface area contributed by atoms with Crippen LogP contribution >= 0.6 is 0 Å². The molecule has 1 aliphatic carbocycles. The van der Waals surface area contributed by atoms with Gasteiger partial charge >= 0.3 is 0 Å². The van der Waals surface area contributed by atoms with E-state index in [-0.39, 0.29) is 5.41 Å². The minimum Gasteiger partial charge on any atom is -0.455 e. The lowest BCUT2D eigenvalue weighted by Crippen LogP contribution is -2.23. The molecule has 0 unspecified atom stereocenters. The molecule has 9 aromatic carbocycles. The second-order valence-corrected chi connectivity index (χ2v) is 15.9. The number of nitrogens with zero attached hydrogens (tertiary/aromatic N) is 1. The number of benzene rings is 9. The molecule has 0 bridgehead atoms. The Balaban J connectivity index is 1.01. The van der Waals surface area contributed by atoms with E-state index in [1.807, 2.05) is 6.07 Å². The number of hydrogen-bond donors (Lipinski definition) is 0. The molecule has 2 heteroatoms. The van der Waals surface area contributed by atoms with Crippen LogP contribution < -0.4 is 4.90 Å². The fraction of sp³-hybridized carbons (Fsp3) is 0.0877. The van der Waals surface area contributed by atoms with Gasteiger partial charge in [-0.1, -0.05) is 166 Å². The molecule has 59 heavy (non-hydrogen) atoms. The summed E-state index contributed by atoms with van der Waals surface area (Å²) in [5.41, 5.74) is 18.0. The van der Waals surface area contributed by atoms with E-state index in [1.165, 1.54) is 61.0 Å². The molecule has 0 radical (unpaired) electrons. The Kier molecular flexibility index (Phi) is 8.34. The second-order valence-electron chi connectivity index (χ2n) is 15.9. The Hall–Kier alpha value is -7.16. The van der Waals surface area contributed by atoms with Gasteiger partial charge < -0.3 is 9.32 Å². The monoisotopic (exact) mass is 757 g/mol. The zero-order chi connectivity index (χ0) is 39.5. The number of rotatable bonds is 8. The summed E-state index contributed by atoms with van der Waals surface area (Å²) in [6.45, 7) is 4.69. The van der Waals surface area contributed by atoms with Gasteiger partial charge in [-0.25, -0.2) is 0 Å². The lowest BCUT2D eigenvalue weighted by Gasteiger charge is -2.31. The molecule has 282 valence electrons. The first-order chi connectivity index (χ1) is 29.1. The highest BCUT2D eigenvalue weighted by molar-refractivity contribution is 6.17. The molecule has 0 spiro atoms. The molecule has 0 saturated heterocycles. The highest BCUT2D eigenvalue weighted by atomic mass is 16.3. The molecular weight excluding hydrogens is 715 g/mol. The molecule has 0 amide bonds. The largest absolute Gasteiger partial charge is 0.455 e. The lowest BCUT2D eigenvalue weighted by atomic mass is 9.74. The smallest absolute Gasteiger partial charge is 0.143 e. The molecule has 2 nitrogen and oxygen atoms in total. The van der Waals surface area contributed by atoms with Crippen LogP contribution in [-0.2, 0) is 5.41 Å². The van der Waals surface area contributed by atoms with Gasteiger partial charge in [-0.2, -0.15) is 0 Å². The number of anilines is 3. The quantitative estimate of drug-likeness (QED) is 0.153. The summed E-state index contributed by atoms with van der Waals surface area (Å²) in [7, 11) is 0. The van der Waals surface area contributed by atoms with E-state index in [4.69, 9.17) is 4.42 Å². The van der Waals surface area contributed by atoms with E-state index in [0.717, 1.165) is 57.2 Å². The van der Waals surface area contributed by atoms with Gasteiger partial charge in [0.25, 0.3) is 0 Å². The van der Waals surface area contributed by atoms with Gasteiger partial charge in [0.2, 0.25) is 0 Å². The van der Waals surface area contributed by atoms with Crippen LogP contribution in [0.3, 0.4) is 0 Å². The maximum Gasteiger partial charge on any atom is 0.143 e. The van der Waals surface area contributed by atoms with E-state index in [0.29, 0.717) is 0 Å². The van der Waals surface area contributed by atoms with Gasteiger partial charge in [0, 0.05) is 38.6 Å². The summed E-state index contributed by atoms with van der Waals surface area (Å²) < 4.78 is 6.44. The topological polar surface area (TPSA) is 16.4 Å². The molecule has 0 saturated carbocycles. The Bertz CT molecular complexity index is 3150. The molecule has 1 heterocycles. The minimum atomic E-state index is -0.0210. The van der Waals surface area contributed by atoms with Crippen molar-refractivity contribution in [2.45, 2.75) is 32.1 Å². The van der Waals surface area contributed by atoms with Crippen molar-refractivity contribution in [3.63, 3.8) is 0 Å². The van der Waals surface area contributed by atoms with Crippen molar-refractivity contribution in [3.05, 3.63) is 211 Å².